The zero-order valence-electron chi connectivity index (χ0n) is 10.5. The first kappa shape index (κ1) is 12.1. The highest BCUT2D eigenvalue weighted by molar-refractivity contribution is 5.81. The van der Waals surface area contributed by atoms with Crippen molar-refractivity contribution in [3.05, 3.63) is 17.5 Å². The van der Waals surface area contributed by atoms with Gasteiger partial charge in [-0.05, 0) is 26.2 Å². The fraction of sp³-hybridized carbons (Fsp3) is 0.667. The zero-order chi connectivity index (χ0) is 12.3. The summed E-state index contributed by atoms with van der Waals surface area (Å²) < 4.78 is 1.81. The third-order valence-electron chi connectivity index (χ3n) is 3.19. The van der Waals surface area contributed by atoms with Gasteiger partial charge in [-0.15, -0.1) is 0 Å². The number of hydrogen-bond acceptors (Lipinski definition) is 3. The van der Waals surface area contributed by atoms with Crippen LogP contribution in [0.2, 0.25) is 0 Å². The highest BCUT2D eigenvalue weighted by Crippen LogP contribution is 2.08. The van der Waals surface area contributed by atoms with Crippen LogP contribution in [-0.4, -0.2) is 28.3 Å². The van der Waals surface area contributed by atoms with Crippen molar-refractivity contribution in [1.82, 2.24) is 20.4 Å². The van der Waals surface area contributed by atoms with Gasteiger partial charge in [-0.2, -0.15) is 5.10 Å². The Morgan fingerprint density at radius 1 is 1.59 bits per heavy atom. The molecule has 0 radical (unpaired) electrons. The van der Waals surface area contributed by atoms with Crippen molar-refractivity contribution in [1.29, 1.82) is 0 Å². The molecule has 17 heavy (non-hydrogen) atoms. The largest absolute Gasteiger partial charge is 0.355 e. The summed E-state index contributed by atoms with van der Waals surface area (Å²) in [6.07, 6.45) is 5.10. The van der Waals surface area contributed by atoms with Crippen LogP contribution in [0.1, 0.15) is 30.5 Å². The second-order valence-electron chi connectivity index (χ2n) is 4.63. The fourth-order valence-corrected chi connectivity index (χ4v) is 2.19. The minimum atomic E-state index is -0.0582. The predicted molar refractivity (Wildman–Crippen MR) is 65.4 cm³/mol. The summed E-state index contributed by atoms with van der Waals surface area (Å²) in [6, 6.07) is -0.0582. The van der Waals surface area contributed by atoms with Crippen LogP contribution in [0, 0.1) is 6.92 Å². The molecule has 1 fully saturated rings. The lowest BCUT2D eigenvalue weighted by molar-refractivity contribution is -0.122. The van der Waals surface area contributed by atoms with Crippen LogP contribution in [0.3, 0.4) is 0 Å². The molecule has 5 heteroatoms. The molecule has 1 aliphatic heterocycles. The van der Waals surface area contributed by atoms with Crippen molar-refractivity contribution in [3.63, 3.8) is 0 Å². The maximum Gasteiger partial charge on any atom is 0.237 e. The van der Waals surface area contributed by atoms with Gasteiger partial charge in [0.05, 0.1) is 11.7 Å². The van der Waals surface area contributed by atoms with Crippen LogP contribution >= 0.6 is 0 Å². The quantitative estimate of drug-likeness (QED) is 0.803. The topological polar surface area (TPSA) is 59.0 Å². The highest BCUT2D eigenvalue weighted by atomic mass is 16.2. The molecule has 5 nitrogen and oxygen atoms in total. The Hall–Kier alpha value is -1.36. The van der Waals surface area contributed by atoms with Crippen molar-refractivity contribution in [2.45, 2.75) is 38.8 Å². The molecule has 0 spiro atoms. The van der Waals surface area contributed by atoms with Crippen LogP contribution in [-0.2, 0) is 18.4 Å². The van der Waals surface area contributed by atoms with Gasteiger partial charge < -0.3 is 10.6 Å². The zero-order valence-corrected chi connectivity index (χ0v) is 10.5. The molecule has 0 aliphatic carbocycles. The summed E-state index contributed by atoms with van der Waals surface area (Å²) in [5, 5.41) is 10.5. The van der Waals surface area contributed by atoms with E-state index in [0.29, 0.717) is 6.54 Å². The van der Waals surface area contributed by atoms with Gasteiger partial charge in [0.1, 0.15) is 0 Å². The molecular weight excluding hydrogens is 216 g/mol. The Morgan fingerprint density at radius 2 is 2.41 bits per heavy atom. The number of amides is 1. The molecule has 0 bridgehead atoms. The van der Waals surface area contributed by atoms with Crippen LogP contribution in [0.4, 0.5) is 0 Å². The van der Waals surface area contributed by atoms with Gasteiger partial charge in [-0.3, -0.25) is 9.48 Å². The van der Waals surface area contributed by atoms with E-state index in [1.165, 1.54) is 0 Å². The third kappa shape index (κ3) is 3.06. The van der Waals surface area contributed by atoms with E-state index in [0.717, 1.165) is 37.1 Å². The SMILES string of the molecule is Cc1nn(C)cc1CNC1CCCCNC1=O. The van der Waals surface area contributed by atoms with E-state index in [2.05, 4.69) is 15.7 Å². The van der Waals surface area contributed by atoms with E-state index in [1.807, 2.05) is 20.2 Å². The van der Waals surface area contributed by atoms with Crippen molar-refractivity contribution in [2.24, 2.45) is 7.05 Å². The Kier molecular flexibility index (Phi) is 3.78. The average Bonchev–Trinajstić information content (AvgIpc) is 2.48. The Labute approximate surface area is 102 Å². The minimum Gasteiger partial charge on any atom is -0.355 e. The fourth-order valence-electron chi connectivity index (χ4n) is 2.19. The smallest absolute Gasteiger partial charge is 0.237 e. The Morgan fingerprint density at radius 3 is 3.12 bits per heavy atom. The second-order valence-corrected chi connectivity index (χ2v) is 4.63. The molecule has 1 amide bonds. The number of nitrogens with one attached hydrogen (secondary N) is 2. The van der Waals surface area contributed by atoms with Gasteiger partial charge in [0.2, 0.25) is 5.91 Å². The van der Waals surface area contributed by atoms with E-state index < -0.39 is 0 Å². The van der Waals surface area contributed by atoms with Crippen molar-refractivity contribution in [3.8, 4) is 0 Å². The monoisotopic (exact) mass is 236 g/mol. The summed E-state index contributed by atoms with van der Waals surface area (Å²) in [5.74, 6) is 0.129. The van der Waals surface area contributed by atoms with E-state index >= 15 is 0 Å². The van der Waals surface area contributed by atoms with Crippen molar-refractivity contribution < 1.29 is 4.79 Å². The molecule has 0 aromatic carbocycles. The van der Waals surface area contributed by atoms with Crippen LogP contribution in [0.25, 0.3) is 0 Å². The molecule has 1 aromatic heterocycles. The molecule has 1 aliphatic rings. The molecule has 2 N–H and O–H groups in total. The first-order chi connectivity index (χ1) is 8.16. The van der Waals surface area contributed by atoms with Gasteiger partial charge >= 0.3 is 0 Å². The summed E-state index contributed by atoms with van der Waals surface area (Å²) in [4.78, 5) is 11.7. The number of hydrogen-bond donors (Lipinski definition) is 2. The highest BCUT2D eigenvalue weighted by Gasteiger charge is 2.20. The summed E-state index contributed by atoms with van der Waals surface area (Å²) in [6.45, 7) is 3.50. The van der Waals surface area contributed by atoms with Gasteiger partial charge in [0.15, 0.2) is 0 Å². The molecule has 1 aromatic rings. The maximum atomic E-state index is 11.7. The number of rotatable bonds is 3. The van der Waals surface area contributed by atoms with Crippen molar-refractivity contribution >= 4 is 5.91 Å². The summed E-state index contributed by atoms with van der Waals surface area (Å²) in [5.41, 5.74) is 2.18. The normalized spacial score (nSPS) is 21.1. The minimum absolute atomic E-state index is 0.0582. The van der Waals surface area contributed by atoms with E-state index in [1.54, 1.807) is 4.68 Å². The van der Waals surface area contributed by atoms with Crippen LogP contribution in [0.5, 0.6) is 0 Å². The first-order valence-electron chi connectivity index (χ1n) is 6.17. The van der Waals surface area contributed by atoms with Crippen molar-refractivity contribution in [2.75, 3.05) is 6.54 Å². The molecular formula is C12H20N4O. The maximum absolute atomic E-state index is 11.7. The molecule has 1 saturated heterocycles. The van der Waals surface area contributed by atoms with E-state index in [9.17, 15) is 4.79 Å². The predicted octanol–water partition coefficient (Wildman–Crippen LogP) is 0.487. The second kappa shape index (κ2) is 5.31. The Balaban J connectivity index is 1.92. The molecule has 2 rings (SSSR count). The molecule has 1 atom stereocenters. The lowest BCUT2D eigenvalue weighted by Crippen LogP contribution is -2.42. The van der Waals surface area contributed by atoms with Gasteiger partial charge in [-0.25, -0.2) is 0 Å². The summed E-state index contributed by atoms with van der Waals surface area (Å²) >= 11 is 0. The molecule has 94 valence electrons. The molecule has 0 saturated carbocycles. The average molecular weight is 236 g/mol. The lowest BCUT2D eigenvalue weighted by Gasteiger charge is -2.14. The molecule has 2 heterocycles. The van der Waals surface area contributed by atoms with Gasteiger partial charge in [0, 0.05) is 31.9 Å². The number of aromatic nitrogens is 2. The standard InChI is InChI=1S/C12H20N4O/c1-9-10(8-16(2)15-9)7-14-11-5-3-4-6-13-12(11)17/h8,11,14H,3-7H2,1-2H3,(H,13,17). The van der Waals surface area contributed by atoms with Gasteiger partial charge in [0.25, 0.3) is 0 Å². The Bertz CT molecular complexity index is 399. The van der Waals surface area contributed by atoms with Gasteiger partial charge in [-0.1, -0.05) is 0 Å². The third-order valence-corrected chi connectivity index (χ3v) is 3.19. The lowest BCUT2D eigenvalue weighted by atomic mass is 10.1. The van der Waals surface area contributed by atoms with E-state index in [4.69, 9.17) is 0 Å². The first-order valence-corrected chi connectivity index (χ1v) is 6.17. The van der Waals surface area contributed by atoms with E-state index in [-0.39, 0.29) is 11.9 Å². The van der Waals surface area contributed by atoms with Crippen LogP contribution < -0.4 is 10.6 Å². The van der Waals surface area contributed by atoms with Crippen LogP contribution in [0.15, 0.2) is 6.20 Å². The summed E-state index contributed by atoms with van der Waals surface area (Å²) in [7, 11) is 1.91. The number of carbonyl (C=O) groups is 1. The number of carbonyl (C=O) groups excluding carboxylic acids is 1. The number of nitrogens with zero attached hydrogens (tertiary/aromatic N) is 2. The molecule has 1 unspecified atom stereocenters. The number of aryl methyl sites for hydroxylation is 2.